The number of hydrogen-bond acceptors (Lipinski definition) is 0. The summed E-state index contributed by atoms with van der Waals surface area (Å²) in [5.74, 6) is 0. The van der Waals surface area contributed by atoms with Crippen LogP contribution in [-0.4, -0.2) is 0 Å². The molecule has 1 rings (SSSR count). The molecule has 0 bridgehead atoms. The highest BCUT2D eigenvalue weighted by Gasteiger charge is 1.99. The molecule has 68 valence electrons. The number of rotatable bonds is 1. The van der Waals surface area contributed by atoms with Gasteiger partial charge in [-0.15, -0.1) is 0 Å². The van der Waals surface area contributed by atoms with Crippen molar-refractivity contribution >= 4 is 11.6 Å². The van der Waals surface area contributed by atoms with Gasteiger partial charge in [-0.3, -0.25) is 0 Å². The van der Waals surface area contributed by atoms with E-state index in [-0.39, 0.29) is 0 Å². The fourth-order valence-corrected chi connectivity index (χ4v) is 0.854. The van der Waals surface area contributed by atoms with Crippen LogP contribution < -0.4 is 0 Å². The Labute approximate surface area is 78.4 Å². The molecule has 0 nitrogen and oxygen atoms in total. The molecule has 1 aromatic carbocycles. The van der Waals surface area contributed by atoms with Crippen molar-refractivity contribution < 1.29 is 4.39 Å². The first kappa shape index (κ1) is 11.4. The molecule has 0 radical (unpaired) electrons. The molecule has 0 spiro atoms. The summed E-state index contributed by atoms with van der Waals surface area (Å²) in [7, 11) is 0. The summed E-state index contributed by atoms with van der Waals surface area (Å²) in [5.41, 5.74) is 0.671. The normalized spacial score (nSPS) is 11.4. The van der Waals surface area contributed by atoms with Gasteiger partial charge in [-0.25, -0.2) is 4.39 Å². The molecule has 12 heavy (non-hydrogen) atoms. The predicted molar refractivity (Wildman–Crippen MR) is 52.3 cm³/mol. The molecule has 1 aromatic rings. The largest absolute Gasteiger partial charge is 0.243 e. The Morgan fingerprint density at radius 1 is 1.17 bits per heavy atom. The van der Waals surface area contributed by atoms with Crippen LogP contribution in [0.1, 0.15) is 32.5 Å². The van der Waals surface area contributed by atoms with Crippen LogP contribution in [-0.2, 0) is 0 Å². The molecule has 0 saturated heterocycles. The third kappa shape index (κ3) is 3.72. The first-order chi connectivity index (χ1) is 5.70. The average molecular weight is 189 g/mol. The van der Waals surface area contributed by atoms with Crippen LogP contribution in [0.25, 0.3) is 0 Å². The Balaban J connectivity index is 0.000000561. The van der Waals surface area contributed by atoms with Crippen molar-refractivity contribution in [1.82, 2.24) is 0 Å². The Hall–Kier alpha value is -0.560. The molecule has 0 heterocycles. The second-order valence-electron chi connectivity index (χ2n) is 2.17. The fraction of sp³-hybridized carbons (Fsp3) is 0.400. The van der Waals surface area contributed by atoms with Gasteiger partial charge in [-0.05, 0) is 24.6 Å². The van der Waals surface area contributed by atoms with Crippen molar-refractivity contribution in [2.75, 3.05) is 0 Å². The van der Waals surface area contributed by atoms with E-state index < -0.39 is 6.17 Å². The Kier molecular flexibility index (Phi) is 5.73. The minimum absolute atomic E-state index is 0.643. The van der Waals surface area contributed by atoms with Gasteiger partial charge >= 0.3 is 0 Å². The van der Waals surface area contributed by atoms with Gasteiger partial charge in [0.2, 0.25) is 0 Å². The third-order valence-corrected chi connectivity index (χ3v) is 1.58. The van der Waals surface area contributed by atoms with Gasteiger partial charge in [0.15, 0.2) is 0 Å². The lowest BCUT2D eigenvalue weighted by Crippen LogP contribution is -1.82. The lowest BCUT2D eigenvalue weighted by atomic mass is 10.1. The Morgan fingerprint density at radius 3 is 1.92 bits per heavy atom. The van der Waals surface area contributed by atoms with Crippen LogP contribution >= 0.6 is 11.6 Å². The molecule has 0 aliphatic carbocycles. The van der Waals surface area contributed by atoms with E-state index in [1.807, 2.05) is 13.8 Å². The summed E-state index contributed by atoms with van der Waals surface area (Å²) in [4.78, 5) is 0. The van der Waals surface area contributed by atoms with Crippen molar-refractivity contribution in [2.24, 2.45) is 0 Å². The Bertz CT molecular complexity index is 204. The van der Waals surface area contributed by atoms with E-state index in [0.717, 1.165) is 0 Å². The molecule has 0 saturated carbocycles. The zero-order valence-corrected chi connectivity index (χ0v) is 8.40. The van der Waals surface area contributed by atoms with Crippen molar-refractivity contribution in [3.8, 4) is 0 Å². The van der Waals surface area contributed by atoms with E-state index in [1.54, 1.807) is 24.3 Å². The summed E-state index contributed by atoms with van der Waals surface area (Å²) in [6, 6.07) is 6.75. The highest BCUT2D eigenvalue weighted by molar-refractivity contribution is 6.30. The van der Waals surface area contributed by atoms with Crippen LogP contribution in [0.3, 0.4) is 0 Å². The molecule has 1 unspecified atom stereocenters. The zero-order valence-electron chi connectivity index (χ0n) is 7.64. The summed E-state index contributed by atoms with van der Waals surface area (Å²) in [6.07, 6.45) is -0.905. The van der Waals surface area contributed by atoms with Gasteiger partial charge in [-0.1, -0.05) is 37.6 Å². The van der Waals surface area contributed by atoms with E-state index in [9.17, 15) is 4.39 Å². The van der Waals surface area contributed by atoms with E-state index >= 15 is 0 Å². The molecule has 0 aliphatic heterocycles. The van der Waals surface area contributed by atoms with Crippen LogP contribution in [0.2, 0.25) is 5.02 Å². The molecule has 0 aliphatic rings. The highest BCUT2D eigenvalue weighted by atomic mass is 35.5. The van der Waals surface area contributed by atoms with Gasteiger partial charge in [0, 0.05) is 5.02 Å². The molecular weight excluding hydrogens is 175 g/mol. The van der Waals surface area contributed by atoms with Gasteiger partial charge in [-0.2, -0.15) is 0 Å². The second kappa shape index (κ2) is 6.01. The van der Waals surface area contributed by atoms with Crippen LogP contribution in [0.5, 0.6) is 0 Å². The minimum atomic E-state index is -0.905. The zero-order chi connectivity index (χ0) is 9.56. The summed E-state index contributed by atoms with van der Waals surface area (Å²) in [6.45, 7) is 5.50. The smallest absolute Gasteiger partial charge is 0.122 e. The van der Waals surface area contributed by atoms with Crippen LogP contribution in [0.15, 0.2) is 24.3 Å². The van der Waals surface area contributed by atoms with Gasteiger partial charge in [0.1, 0.15) is 6.17 Å². The summed E-state index contributed by atoms with van der Waals surface area (Å²) < 4.78 is 12.5. The van der Waals surface area contributed by atoms with Gasteiger partial charge in [0.05, 0.1) is 0 Å². The minimum Gasteiger partial charge on any atom is -0.243 e. The number of halogens is 2. The van der Waals surface area contributed by atoms with Gasteiger partial charge < -0.3 is 0 Å². The van der Waals surface area contributed by atoms with Crippen LogP contribution in [0, 0.1) is 0 Å². The van der Waals surface area contributed by atoms with Crippen molar-refractivity contribution in [2.45, 2.75) is 26.9 Å². The van der Waals surface area contributed by atoms with Gasteiger partial charge in [0.25, 0.3) is 0 Å². The van der Waals surface area contributed by atoms with E-state index in [1.165, 1.54) is 6.92 Å². The highest BCUT2D eigenvalue weighted by Crippen LogP contribution is 2.18. The summed E-state index contributed by atoms with van der Waals surface area (Å²) in [5, 5.41) is 0.643. The Morgan fingerprint density at radius 2 is 1.58 bits per heavy atom. The molecule has 0 amide bonds. The maximum absolute atomic E-state index is 12.5. The second-order valence-corrected chi connectivity index (χ2v) is 2.60. The molecule has 0 aromatic heterocycles. The summed E-state index contributed by atoms with van der Waals surface area (Å²) >= 11 is 5.59. The monoisotopic (exact) mass is 188 g/mol. The lowest BCUT2D eigenvalue weighted by Gasteiger charge is -1.99. The molecule has 0 N–H and O–H groups in total. The number of benzene rings is 1. The first-order valence-electron chi connectivity index (χ1n) is 4.09. The van der Waals surface area contributed by atoms with E-state index in [0.29, 0.717) is 10.6 Å². The lowest BCUT2D eigenvalue weighted by molar-refractivity contribution is 0.374. The van der Waals surface area contributed by atoms with E-state index in [2.05, 4.69) is 0 Å². The maximum atomic E-state index is 12.5. The quantitative estimate of drug-likeness (QED) is 0.613. The maximum Gasteiger partial charge on any atom is 0.122 e. The van der Waals surface area contributed by atoms with Crippen molar-refractivity contribution in [3.05, 3.63) is 34.9 Å². The fourth-order valence-electron chi connectivity index (χ4n) is 0.728. The van der Waals surface area contributed by atoms with Crippen molar-refractivity contribution in [3.63, 3.8) is 0 Å². The first-order valence-corrected chi connectivity index (χ1v) is 4.47. The van der Waals surface area contributed by atoms with Crippen LogP contribution in [0.4, 0.5) is 4.39 Å². The molecule has 0 fully saturated rings. The molecular formula is C10H14ClF. The SMILES string of the molecule is CC.CC(F)c1ccc(Cl)cc1. The molecule has 1 atom stereocenters. The molecule has 2 heteroatoms. The van der Waals surface area contributed by atoms with E-state index in [4.69, 9.17) is 11.6 Å². The predicted octanol–water partition coefficient (Wildman–Crippen LogP) is 4.40. The standard InChI is InChI=1S/C8H8ClF.C2H6/c1-6(10)7-2-4-8(9)5-3-7;1-2/h2-6H,1H3;1-2H3. The number of alkyl halides is 1. The topological polar surface area (TPSA) is 0 Å². The van der Waals surface area contributed by atoms with Crippen molar-refractivity contribution in [1.29, 1.82) is 0 Å². The average Bonchev–Trinajstić information content (AvgIpc) is 2.09. The third-order valence-electron chi connectivity index (χ3n) is 1.33. The number of hydrogen-bond donors (Lipinski definition) is 0.